The van der Waals surface area contributed by atoms with Gasteiger partial charge in [-0.1, -0.05) is 36.2 Å². The molecule has 0 radical (unpaired) electrons. The van der Waals surface area contributed by atoms with Crippen LogP contribution in [0.25, 0.3) is 0 Å². The Morgan fingerprint density at radius 2 is 2.00 bits per heavy atom. The molecule has 142 valence electrons. The molecule has 2 aromatic heterocycles. The summed E-state index contributed by atoms with van der Waals surface area (Å²) in [6.07, 6.45) is 5.12. The lowest BCUT2D eigenvalue weighted by Gasteiger charge is -2.03. The molecule has 1 saturated carbocycles. The summed E-state index contributed by atoms with van der Waals surface area (Å²) in [7, 11) is 0. The average molecular weight is 368 g/mol. The van der Waals surface area contributed by atoms with Gasteiger partial charge >= 0.3 is 0 Å². The van der Waals surface area contributed by atoms with E-state index in [0.29, 0.717) is 23.2 Å². The molecule has 3 aromatic rings. The number of H-pyrrole nitrogens is 1. The number of hydrogen-bond acceptors (Lipinski definition) is 5. The number of carbonyl (C=O) groups excluding carboxylic acids is 1. The molecule has 0 atom stereocenters. The van der Waals surface area contributed by atoms with Gasteiger partial charge in [0.1, 0.15) is 11.5 Å². The normalized spacial score (nSPS) is 13.8. The first kappa shape index (κ1) is 18.7. The monoisotopic (exact) mass is 368 g/mol. The largest absolute Gasteiger partial charge is 0.508 e. The Morgan fingerprint density at radius 3 is 2.59 bits per heavy atom. The predicted octanol–water partition coefficient (Wildman–Crippen LogP) is 3.94. The summed E-state index contributed by atoms with van der Waals surface area (Å²) in [5.41, 5.74) is 1.89. The number of hydrogen-bond donors (Lipinski definition) is 3. The highest BCUT2D eigenvalue weighted by Gasteiger charge is 2.19. The first-order valence-corrected chi connectivity index (χ1v) is 9.11. The van der Waals surface area contributed by atoms with Gasteiger partial charge in [0, 0.05) is 23.7 Å². The Labute approximate surface area is 157 Å². The minimum Gasteiger partial charge on any atom is -0.508 e. The molecule has 7 heteroatoms. The van der Waals surface area contributed by atoms with E-state index in [1.165, 1.54) is 25.7 Å². The molecule has 1 amide bonds. The summed E-state index contributed by atoms with van der Waals surface area (Å²) < 4.78 is 5.02. The topological polar surface area (TPSA) is 104 Å². The quantitative estimate of drug-likeness (QED) is 0.647. The zero-order valence-corrected chi connectivity index (χ0v) is 15.3. The molecule has 1 aliphatic carbocycles. The molecule has 0 saturated heterocycles. The molecule has 0 spiro atoms. The third-order valence-electron chi connectivity index (χ3n) is 4.43. The van der Waals surface area contributed by atoms with Gasteiger partial charge in [0.25, 0.3) is 0 Å². The van der Waals surface area contributed by atoms with Crippen LogP contribution >= 0.6 is 0 Å². The van der Waals surface area contributed by atoms with Crippen molar-refractivity contribution in [3.63, 3.8) is 0 Å². The first-order chi connectivity index (χ1) is 13.1. The Hall–Kier alpha value is -3.09. The third kappa shape index (κ3) is 5.70. The number of aromatic hydroxyl groups is 1. The van der Waals surface area contributed by atoms with Crippen LogP contribution in [0.1, 0.15) is 48.7 Å². The average Bonchev–Trinajstić information content (AvgIpc) is 3.38. The van der Waals surface area contributed by atoms with Gasteiger partial charge in [0.15, 0.2) is 5.82 Å². The fourth-order valence-corrected chi connectivity index (χ4v) is 3.12. The number of aromatic amines is 1. The molecule has 0 bridgehead atoms. The molecule has 27 heavy (non-hydrogen) atoms. The van der Waals surface area contributed by atoms with E-state index >= 15 is 0 Å². The third-order valence-corrected chi connectivity index (χ3v) is 4.43. The van der Waals surface area contributed by atoms with E-state index in [0.717, 1.165) is 11.4 Å². The van der Waals surface area contributed by atoms with Crippen LogP contribution < -0.4 is 5.32 Å². The van der Waals surface area contributed by atoms with Crippen molar-refractivity contribution in [2.24, 2.45) is 0 Å². The lowest BCUT2D eigenvalue weighted by molar-refractivity contribution is -0.115. The summed E-state index contributed by atoms with van der Waals surface area (Å²) in [6.45, 7) is 1.83. The van der Waals surface area contributed by atoms with E-state index in [4.69, 9.17) is 9.63 Å². The molecule has 0 aliphatic heterocycles. The summed E-state index contributed by atoms with van der Waals surface area (Å²) in [4.78, 5) is 11.9. The number of nitrogens with one attached hydrogen (secondary N) is 2. The van der Waals surface area contributed by atoms with Crippen LogP contribution in [0.15, 0.2) is 47.0 Å². The van der Waals surface area contributed by atoms with Crippen LogP contribution in [0.3, 0.4) is 0 Å². The minimum atomic E-state index is -0.148. The summed E-state index contributed by atoms with van der Waals surface area (Å²) >= 11 is 0. The molecule has 1 fully saturated rings. The van der Waals surface area contributed by atoms with Crippen molar-refractivity contribution in [3.8, 4) is 5.75 Å². The standard InChI is InChI=1S/C14H18N4O2.C6H6O/c1-9-6-11(20-18-9)7-14(19)15-13-8-12(16-17-13)10-4-2-3-5-10;7-6-4-2-1-3-5-6/h6,8,10H,2-5,7H2,1H3,(H2,15,16,17,19);1-5,7H. The zero-order valence-electron chi connectivity index (χ0n) is 15.3. The molecule has 0 unspecified atom stereocenters. The lowest BCUT2D eigenvalue weighted by atomic mass is 10.0. The van der Waals surface area contributed by atoms with Crippen LogP contribution in [-0.2, 0) is 11.2 Å². The van der Waals surface area contributed by atoms with E-state index in [9.17, 15) is 4.79 Å². The van der Waals surface area contributed by atoms with E-state index in [1.54, 1.807) is 30.3 Å². The van der Waals surface area contributed by atoms with Gasteiger partial charge in [-0.15, -0.1) is 0 Å². The number of aryl methyl sites for hydroxylation is 1. The number of nitrogens with zero attached hydrogens (tertiary/aromatic N) is 2. The second-order valence-electron chi connectivity index (χ2n) is 6.69. The fraction of sp³-hybridized carbons (Fsp3) is 0.350. The molecule has 4 rings (SSSR count). The maximum Gasteiger partial charge on any atom is 0.233 e. The van der Waals surface area contributed by atoms with Crippen LogP contribution in [0.5, 0.6) is 5.75 Å². The van der Waals surface area contributed by atoms with Crippen molar-refractivity contribution in [3.05, 3.63) is 59.6 Å². The summed E-state index contributed by atoms with van der Waals surface area (Å²) in [6, 6.07) is 12.4. The minimum absolute atomic E-state index is 0.148. The Kier molecular flexibility index (Phi) is 6.25. The van der Waals surface area contributed by atoms with Crippen molar-refractivity contribution in [1.82, 2.24) is 15.4 Å². The van der Waals surface area contributed by atoms with Gasteiger partial charge in [0.2, 0.25) is 5.91 Å². The number of rotatable bonds is 4. The molecule has 7 nitrogen and oxygen atoms in total. The first-order valence-electron chi connectivity index (χ1n) is 9.11. The van der Waals surface area contributed by atoms with Gasteiger partial charge < -0.3 is 14.9 Å². The van der Waals surface area contributed by atoms with E-state index < -0.39 is 0 Å². The van der Waals surface area contributed by atoms with Crippen LogP contribution in [0.4, 0.5) is 5.82 Å². The zero-order chi connectivity index (χ0) is 19.1. The van der Waals surface area contributed by atoms with Crippen molar-refractivity contribution >= 4 is 11.7 Å². The van der Waals surface area contributed by atoms with Crippen molar-refractivity contribution in [2.75, 3.05) is 5.32 Å². The number of amides is 1. The summed E-state index contributed by atoms with van der Waals surface area (Å²) in [5, 5.41) is 22.3. The number of aromatic nitrogens is 3. The SMILES string of the molecule is Cc1cc(CC(=O)Nc2cc(C3CCCC3)[nH]n2)on1.Oc1ccccc1. The fourth-order valence-electron chi connectivity index (χ4n) is 3.12. The molecular weight excluding hydrogens is 344 g/mol. The number of benzene rings is 1. The van der Waals surface area contributed by atoms with Crippen molar-refractivity contribution < 1.29 is 14.4 Å². The number of phenolic OH excluding ortho intramolecular Hbond substituents is 1. The predicted molar refractivity (Wildman–Crippen MR) is 101 cm³/mol. The van der Waals surface area contributed by atoms with Crippen molar-refractivity contribution in [2.45, 2.75) is 44.9 Å². The van der Waals surface area contributed by atoms with Gasteiger partial charge in [-0.05, 0) is 31.9 Å². The number of para-hydroxylation sites is 1. The second-order valence-corrected chi connectivity index (χ2v) is 6.69. The smallest absolute Gasteiger partial charge is 0.233 e. The molecule has 1 aliphatic rings. The molecule has 3 N–H and O–H groups in total. The van der Waals surface area contributed by atoms with Crippen LogP contribution in [-0.4, -0.2) is 26.4 Å². The van der Waals surface area contributed by atoms with E-state index in [-0.39, 0.29) is 12.3 Å². The number of anilines is 1. The van der Waals surface area contributed by atoms with E-state index in [1.807, 2.05) is 19.1 Å². The molecular formula is C20H24N4O3. The number of phenols is 1. The van der Waals surface area contributed by atoms with Gasteiger partial charge in [0.05, 0.1) is 12.1 Å². The maximum atomic E-state index is 11.9. The van der Waals surface area contributed by atoms with Crippen LogP contribution in [0.2, 0.25) is 0 Å². The second kappa shape index (κ2) is 9.02. The Bertz CT molecular complexity index is 851. The molecule has 1 aromatic carbocycles. The van der Waals surface area contributed by atoms with Crippen molar-refractivity contribution in [1.29, 1.82) is 0 Å². The van der Waals surface area contributed by atoms with Gasteiger partial charge in [-0.2, -0.15) is 5.10 Å². The Morgan fingerprint density at radius 1 is 1.26 bits per heavy atom. The van der Waals surface area contributed by atoms with E-state index in [2.05, 4.69) is 20.7 Å². The van der Waals surface area contributed by atoms with Gasteiger partial charge in [-0.3, -0.25) is 9.89 Å². The Balaban J connectivity index is 0.000000253. The lowest BCUT2D eigenvalue weighted by Crippen LogP contribution is -2.14. The number of carbonyl (C=O) groups is 1. The van der Waals surface area contributed by atoms with Gasteiger partial charge in [-0.25, -0.2) is 0 Å². The highest BCUT2D eigenvalue weighted by Crippen LogP contribution is 2.33. The van der Waals surface area contributed by atoms with Crippen LogP contribution in [0, 0.1) is 6.92 Å². The molecule has 2 heterocycles. The highest BCUT2D eigenvalue weighted by molar-refractivity contribution is 5.91. The highest BCUT2D eigenvalue weighted by atomic mass is 16.5. The summed E-state index contributed by atoms with van der Waals surface area (Å²) in [5.74, 6) is 1.87. The maximum absolute atomic E-state index is 11.9.